The fourth-order valence-electron chi connectivity index (χ4n) is 2.94. The average Bonchev–Trinajstić information content (AvgIpc) is 3.33. The van der Waals surface area contributed by atoms with E-state index in [1.807, 2.05) is 38.1 Å². The molecule has 2 N–H and O–H groups in total. The van der Waals surface area contributed by atoms with Gasteiger partial charge in [0, 0.05) is 10.9 Å². The first-order chi connectivity index (χ1) is 13.5. The molecule has 1 aliphatic heterocycles. The Kier molecular flexibility index (Phi) is 5.13. The first-order valence-electron chi connectivity index (χ1n) is 8.66. The maximum atomic E-state index is 12.0. The molecule has 1 saturated heterocycles. The van der Waals surface area contributed by atoms with Crippen LogP contribution in [-0.4, -0.2) is 44.6 Å². The second-order valence-corrected chi connectivity index (χ2v) is 8.46. The molecule has 0 spiro atoms. The lowest BCUT2D eigenvalue weighted by Gasteiger charge is -2.23. The number of hydrogen-bond acceptors (Lipinski definition) is 7. The van der Waals surface area contributed by atoms with Crippen LogP contribution in [-0.2, 0) is 0 Å². The Morgan fingerprint density at radius 2 is 2.21 bits per heavy atom. The van der Waals surface area contributed by atoms with E-state index >= 15 is 0 Å². The fraction of sp³-hybridized carbons (Fsp3) is 0.263. The number of aliphatic hydroxyl groups is 1. The number of aromatic amines is 1. The number of benzene rings is 1. The van der Waals surface area contributed by atoms with Crippen molar-refractivity contribution in [1.82, 2.24) is 14.9 Å². The van der Waals surface area contributed by atoms with Gasteiger partial charge in [0.2, 0.25) is 0 Å². The van der Waals surface area contributed by atoms with E-state index < -0.39 is 6.23 Å². The third-order valence-corrected chi connectivity index (χ3v) is 6.01. The van der Waals surface area contributed by atoms with Gasteiger partial charge in [-0.1, -0.05) is 6.07 Å². The Morgan fingerprint density at radius 1 is 1.39 bits per heavy atom. The Labute approximate surface area is 170 Å². The summed E-state index contributed by atoms with van der Waals surface area (Å²) in [6.07, 6.45) is 0.753. The number of imidazole rings is 1. The number of H-pyrrole nitrogens is 1. The van der Waals surface area contributed by atoms with Crippen LogP contribution >= 0.6 is 23.5 Å². The smallest absolute Gasteiger partial charge is 0.288 e. The standard InChI is InChI=1S/C19H19N3O4S2/c1-10(2)22-17(23)14(27-19(22)24)9-11-7-8-15(26-11)28-18-20-12-5-4-6-13(25-3)16(12)21-18/h4-10,17,23H,1-3H3,(H,20,21)/b14-9-. The molecule has 1 unspecified atom stereocenters. The normalized spacial score (nSPS) is 18.8. The molecule has 1 atom stereocenters. The summed E-state index contributed by atoms with van der Waals surface area (Å²) in [5.41, 5.74) is 1.65. The highest BCUT2D eigenvalue weighted by Gasteiger charge is 2.36. The van der Waals surface area contributed by atoms with Crippen molar-refractivity contribution in [2.24, 2.45) is 0 Å². The Bertz CT molecular complexity index is 1060. The van der Waals surface area contributed by atoms with Gasteiger partial charge in [-0.05, 0) is 67.7 Å². The summed E-state index contributed by atoms with van der Waals surface area (Å²) >= 11 is 2.38. The van der Waals surface area contributed by atoms with E-state index in [0.717, 1.165) is 22.8 Å². The number of thioether (sulfide) groups is 1. The number of methoxy groups -OCH3 is 1. The van der Waals surface area contributed by atoms with Gasteiger partial charge in [-0.15, -0.1) is 0 Å². The van der Waals surface area contributed by atoms with Crippen molar-refractivity contribution in [2.45, 2.75) is 36.4 Å². The van der Waals surface area contributed by atoms with E-state index in [0.29, 0.717) is 26.7 Å². The molecule has 9 heteroatoms. The number of carbonyl (C=O) groups excluding carboxylic acids is 1. The molecule has 0 saturated carbocycles. The van der Waals surface area contributed by atoms with Crippen LogP contribution < -0.4 is 4.74 Å². The minimum atomic E-state index is -0.943. The summed E-state index contributed by atoms with van der Waals surface area (Å²) in [6, 6.07) is 9.25. The van der Waals surface area contributed by atoms with Crippen LogP contribution in [0.5, 0.6) is 5.75 Å². The molecule has 2 aromatic heterocycles. The van der Waals surface area contributed by atoms with Gasteiger partial charge in [-0.3, -0.25) is 4.79 Å². The van der Waals surface area contributed by atoms with Crippen molar-refractivity contribution in [2.75, 3.05) is 7.11 Å². The number of nitrogens with zero attached hydrogens (tertiary/aromatic N) is 2. The number of rotatable bonds is 5. The van der Waals surface area contributed by atoms with Gasteiger partial charge >= 0.3 is 0 Å². The topological polar surface area (TPSA) is 91.6 Å². The Balaban J connectivity index is 1.53. The lowest BCUT2D eigenvalue weighted by Crippen LogP contribution is -2.37. The molecule has 3 aromatic rings. The largest absolute Gasteiger partial charge is 0.494 e. The molecule has 28 heavy (non-hydrogen) atoms. The molecular weight excluding hydrogens is 398 g/mol. The number of hydrogen-bond donors (Lipinski definition) is 2. The highest BCUT2D eigenvalue weighted by Crippen LogP contribution is 2.38. The van der Waals surface area contributed by atoms with Crippen LogP contribution in [0.3, 0.4) is 0 Å². The van der Waals surface area contributed by atoms with E-state index in [1.165, 1.54) is 16.7 Å². The van der Waals surface area contributed by atoms with Crippen molar-refractivity contribution in [1.29, 1.82) is 0 Å². The van der Waals surface area contributed by atoms with Crippen molar-refractivity contribution in [3.05, 3.63) is 41.0 Å². The quantitative estimate of drug-likeness (QED) is 0.629. The molecule has 0 bridgehead atoms. The highest BCUT2D eigenvalue weighted by molar-refractivity contribution is 8.17. The second kappa shape index (κ2) is 7.57. The minimum Gasteiger partial charge on any atom is -0.494 e. The number of carbonyl (C=O) groups is 1. The Morgan fingerprint density at radius 3 is 2.93 bits per heavy atom. The van der Waals surface area contributed by atoms with Crippen LogP contribution in [0.1, 0.15) is 19.6 Å². The van der Waals surface area contributed by atoms with E-state index in [1.54, 1.807) is 19.3 Å². The number of para-hydroxylation sites is 1. The van der Waals surface area contributed by atoms with Gasteiger partial charge in [0.25, 0.3) is 5.24 Å². The Hall–Kier alpha value is -2.36. The minimum absolute atomic E-state index is 0.0753. The molecule has 4 rings (SSSR count). The molecule has 1 fully saturated rings. The molecule has 0 aliphatic carbocycles. The molecular formula is C19H19N3O4S2. The predicted octanol–water partition coefficient (Wildman–Crippen LogP) is 4.55. The van der Waals surface area contributed by atoms with E-state index in [9.17, 15) is 9.90 Å². The summed E-state index contributed by atoms with van der Waals surface area (Å²) in [6.45, 7) is 3.74. The first kappa shape index (κ1) is 19.0. The summed E-state index contributed by atoms with van der Waals surface area (Å²) < 4.78 is 11.2. The predicted molar refractivity (Wildman–Crippen MR) is 109 cm³/mol. The van der Waals surface area contributed by atoms with Gasteiger partial charge in [-0.25, -0.2) is 4.98 Å². The third-order valence-electron chi connectivity index (χ3n) is 4.25. The van der Waals surface area contributed by atoms with Crippen LogP contribution in [0, 0.1) is 0 Å². The maximum Gasteiger partial charge on any atom is 0.288 e. The molecule has 1 amide bonds. The van der Waals surface area contributed by atoms with E-state index in [2.05, 4.69) is 9.97 Å². The lowest BCUT2D eigenvalue weighted by atomic mass is 10.3. The van der Waals surface area contributed by atoms with Gasteiger partial charge in [0.15, 0.2) is 16.5 Å². The lowest BCUT2D eigenvalue weighted by molar-refractivity contribution is 0.0624. The summed E-state index contributed by atoms with van der Waals surface area (Å²) in [7, 11) is 1.61. The number of amides is 1. The molecule has 1 aliphatic rings. The van der Waals surface area contributed by atoms with Crippen molar-refractivity contribution in [3.63, 3.8) is 0 Å². The van der Waals surface area contributed by atoms with Gasteiger partial charge in [0.05, 0.1) is 12.6 Å². The summed E-state index contributed by atoms with van der Waals surface area (Å²) in [5.74, 6) is 1.27. The molecule has 1 aromatic carbocycles. The van der Waals surface area contributed by atoms with Gasteiger partial charge < -0.3 is 24.1 Å². The highest BCUT2D eigenvalue weighted by atomic mass is 32.2. The number of nitrogens with one attached hydrogen (secondary N) is 1. The zero-order chi connectivity index (χ0) is 19.8. The molecule has 146 valence electrons. The molecule has 0 radical (unpaired) electrons. The second-order valence-electron chi connectivity index (χ2n) is 6.45. The zero-order valence-electron chi connectivity index (χ0n) is 15.5. The van der Waals surface area contributed by atoms with Crippen LogP contribution in [0.25, 0.3) is 17.1 Å². The van der Waals surface area contributed by atoms with Crippen molar-refractivity contribution >= 4 is 45.9 Å². The number of aliphatic hydroxyl groups excluding tert-OH is 1. The van der Waals surface area contributed by atoms with Gasteiger partial charge in [-0.2, -0.15) is 0 Å². The van der Waals surface area contributed by atoms with Crippen LogP contribution in [0.15, 0.2) is 49.9 Å². The number of aromatic nitrogens is 2. The molecule has 3 heterocycles. The van der Waals surface area contributed by atoms with Crippen LogP contribution in [0.2, 0.25) is 0 Å². The zero-order valence-corrected chi connectivity index (χ0v) is 17.1. The monoisotopic (exact) mass is 417 g/mol. The van der Waals surface area contributed by atoms with E-state index in [-0.39, 0.29) is 11.3 Å². The van der Waals surface area contributed by atoms with Crippen molar-refractivity contribution in [3.8, 4) is 5.75 Å². The number of fused-ring (bicyclic) bond motifs is 1. The molecule has 7 nitrogen and oxygen atoms in total. The SMILES string of the molecule is COc1cccc2[nH]c(Sc3ccc(/C=C4\SC(=O)N(C(C)C)C4O)o3)nc12. The first-order valence-corrected chi connectivity index (χ1v) is 10.3. The van der Waals surface area contributed by atoms with E-state index in [4.69, 9.17) is 9.15 Å². The number of furan rings is 1. The maximum absolute atomic E-state index is 12.0. The van der Waals surface area contributed by atoms with Gasteiger partial charge in [0.1, 0.15) is 17.0 Å². The van der Waals surface area contributed by atoms with Crippen LogP contribution in [0.4, 0.5) is 4.79 Å². The number of ether oxygens (including phenoxy) is 1. The summed E-state index contributed by atoms with van der Waals surface area (Å²) in [5, 5.41) is 11.5. The fourth-order valence-corrected chi connectivity index (χ4v) is 4.71. The third kappa shape index (κ3) is 3.52. The summed E-state index contributed by atoms with van der Waals surface area (Å²) in [4.78, 5) is 21.8. The average molecular weight is 418 g/mol. The van der Waals surface area contributed by atoms with Crippen molar-refractivity contribution < 1.29 is 19.1 Å².